The lowest BCUT2D eigenvalue weighted by Gasteiger charge is -2.22. The van der Waals surface area contributed by atoms with Crippen LogP contribution >= 0.6 is 0 Å². The summed E-state index contributed by atoms with van der Waals surface area (Å²) in [7, 11) is 0. The predicted octanol–water partition coefficient (Wildman–Crippen LogP) is 4.05. The molecule has 1 fully saturated rings. The van der Waals surface area contributed by atoms with Gasteiger partial charge in [0.05, 0.1) is 5.92 Å². The van der Waals surface area contributed by atoms with Crippen molar-refractivity contribution in [3.05, 3.63) is 12.2 Å². The van der Waals surface area contributed by atoms with Gasteiger partial charge in [0.2, 0.25) is 0 Å². The molecule has 0 aromatic heterocycles. The molecule has 0 N–H and O–H groups in total. The summed E-state index contributed by atoms with van der Waals surface area (Å²) in [5.41, 5.74) is 0. The second kappa shape index (κ2) is 6.46. The highest BCUT2D eigenvalue weighted by molar-refractivity contribution is 6.54. The highest BCUT2D eigenvalue weighted by Crippen LogP contribution is 2.44. The van der Waals surface area contributed by atoms with Gasteiger partial charge in [-0.1, -0.05) is 62.2 Å². The average molecular weight is 278 g/mol. The van der Waals surface area contributed by atoms with Crippen molar-refractivity contribution >= 4 is 20.5 Å². The topological polar surface area (TPSA) is 26.3 Å². The molecular weight excluding hydrogens is 251 g/mol. The molecule has 0 saturated heterocycles. The van der Waals surface area contributed by atoms with Gasteiger partial charge in [0.15, 0.2) is 0 Å². The molecule has 0 aliphatic heterocycles. The second-order valence-electron chi connectivity index (χ2n) is 7.20. The van der Waals surface area contributed by atoms with Gasteiger partial charge in [-0.05, 0) is 24.7 Å². The molecule has 2 bridgehead atoms. The zero-order chi connectivity index (χ0) is 14.0. The van der Waals surface area contributed by atoms with Gasteiger partial charge in [-0.2, -0.15) is 0 Å². The van der Waals surface area contributed by atoms with E-state index in [-0.39, 0.29) is 11.9 Å². The van der Waals surface area contributed by atoms with Crippen molar-refractivity contribution in [1.82, 2.24) is 0 Å². The molecule has 0 spiro atoms. The number of rotatable bonds is 6. The summed E-state index contributed by atoms with van der Waals surface area (Å²) in [6, 6.07) is 0. The van der Waals surface area contributed by atoms with Gasteiger partial charge >= 0.3 is 14.5 Å². The molecular formula is C16H27AlO2. The van der Waals surface area contributed by atoms with Crippen molar-refractivity contribution in [2.45, 2.75) is 51.1 Å². The standard InChI is InChI=1S/C8H10O2.2C4H9.Al/c9-8(10)7-4-5-1-2-6(7)3-5;2*1-4(2)3;/h1-2,5-7H,3-4H2,(H,9,10);2*4H,1H2,2-3H3;/q;;;+1/p-1. The third kappa shape index (κ3) is 4.10. The highest BCUT2D eigenvalue weighted by Gasteiger charge is 2.42. The number of allylic oxidation sites excluding steroid dienone is 2. The lowest BCUT2D eigenvalue weighted by molar-refractivity contribution is -0.140. The number of hydrogen-bond donors (Lipinski definition) is 0. The molecule has 0 radical (unpaired) electrons. The van der Waals surface area contributed by atoms with E-state index >= 15 is 0 Å². The van der Waals surface area contributed by atoms with Crippen LogP contribution in [0.1, 0.15) is 40.5 Å². The van der Waals surface area contributed by atoms with E-state index in [9.17, 15) is 4.79 Å². The summed E-state index contributed by atoms with van der Waals surface area (Å²) in [6.45, 7) is 8.92. The molecule has 2 aliphatic carbocycles. The molecule has 1 saturated carbocycles. The first-order valence-electron chi connectivity index (χ1n) is 7.84. The first-order valence-corrected chi connectivity index (χ1v) is 9.95. The van der Waals surface area contributed by atoms with E-state index in [2.05, 4.69) is 39.8 Å². The monoisotopic (exact) mass is 278 g/mol. The van der Waals surface area contributed by atoms with Gasteiger partial charge in [-0.15, -0.1) is 0 Å². The average Bonchev–Trinajstić information content (AvgIpc) is 2.88. The normalized spacial score (nSPS) is 28.4. The van der Waals surface area contributed by atoms with Crippen LogP contribution in [0, 0.1) is 29.6 Å². The van der Waals surface area contributed by atoms with E-state index in [0.717, 1.165) is 17.0 Å². The largest absolute Gasteiger partial charge is 0.616 e. The van der Waals surface area contributed by atoms with E-state index < -0.39 is 14.5 Å². The fourth-order valence-corrected chi connectivity index (χ4v) is 6.54. The number of carbonyl (C=O) groups is 1. The first kappa shape index (κ1) is 15.1. The van der Waals surface area contributed by atoms with Crippen molar-refractivity contribution in [3.63, 3.8) is 0 Å². The molecule has 106 valence electrons. The molecule has 2 aliphatic rings. The Kier molecular flexibility index (Phi) is 5.15. The Morgan fingerprint density at radius 1 is 1.16 bits per heavy atom. The summed E-state index contributed by atoms with van der Waals surface area (Å²) >= 11 is -1.36. The van der Waals surface area contributed by atoms with Crippen LogP contribution in [0.3, 0.4) is 0 Å². The minimum atomic E-state index is -1.36. The maximum Gasteiger partial charge on any atom is 0.549 e. The van der Waals surface area contributed by atoms with E-state index in [1.165, 1.54) is 6.42 Å². The van der Waals surface area contributed by atoms with Crippen LogP contribution in [0.25, 0.3) is 0 Å². The summed E-state index contributed by atoms with van der Waals surface area (Å²) in [5, 5.41) is 2.25. The summed E-state index contributed by atoms with van der Waals surface area (Å²) < 4.78 is 5.97. The fourth-order valence-electron chi connectivity index (χ4n) is 3.55. The Bertz CT molecular complexity index is 339. The smallest absolute Gasteiger partial charge is 0.549 e. The van der Waals surface area contributed by atoms with Gasteiger partial charge in [0.1, 0.15) is 0 Å². The lowest BCUT2D eigenvalue weighted by atomic mass is 9.94. The van der Waals surface area contributed by atoms with E-state index in [1.54, 1.807) is 0 Å². The second-order valence-corrected chi connectivity index (χ2v) is 9.63. The van der Waals surface area contributed by atoms with Gasteiger partial charge in [-0.3, -0.25) is 4.79 Å². The van der Waals surface area contributed by atoms with E-state index in [4.69, 9.17) is 3.79 Å². The number of hydrogen-bond acceptors (Lipinski definition) is 2. The van der Waals surface area contributed by atoms with Gasteiger partial charge in [0.25, 0.3) is 5.97 Å². The van der Waals surface area contributed by atoms with Crippen molar-refractivity contribution in [3.8, 4) is 0 Å². The summed E-state index contributed by atoms with van der Waals surface area (Å²) in [4.78, 5) is 12.4. The molecule has 3 unspecified atom stereocenters. The van der Waals surface area contributed by atoms with Gasteiger partial charge in [0, 0.05) is 0 Å². The molecule has 2 rings (SSSR count). The maximum atomic E-state index is 12.4. The highest BCUT2D eigenvalue weighted by atomic mass is 27.2. The van der Waals surface area contributed by atoms with Crippen molar-refractivity contribution in [2.24, 2.45) is 29.6 Å². The van der Waals surface area contributed by atoms with Gasteiger partial charge in [-0.25, -0.2) is 0 Å². The Balaban J connectivity index is 1.89. The van der Waals surface area contributed by atoms with Crippen molar-refractivity contribution < 1.29 is 8.58 Å². The fraction of sp³-hybridized carbons (Fsp3) is 0.812. The summed E-state index contributed by atoms with van der Waals surface area (Å²) in [6.07, 6.45) is 6.73. The third-order valence-electron chi connectivity index (χ3n) is 4.33. The Morgan fingerprint density at radius 2 is 1.79 bits per heavy atom. The van der Waals surface area contributed by atoms with E-state index in [0.29, 0.717) is 23.7 Å². The minimum absolute atomic E-state index is 0.120. The van der Waals surface area contributed by atoms with Crippen molar-refractivity contribution in [2.75, 3.05) is 0 Å². The quantitative estimate of drug-likeness (QED) is 0.541. The SMILES string of the molecule is CC(C)[CH2][Al]([CH2]C(C)C)[O]C(=O)C1CC2C=CC1C2. The molecule has 0 aromatic carbocycles. The molecule has 3 atom stereocenters. The maximum absolute atomic E-state index is 12.4. The molecule has 19 heavy (non-hydrogen) atoms. The molecule has 3 heteroatoms. The van der Waals surface area contributed by atoms with Crippen LogP contribution in [-0.2, 0) is 8.58 Å². The predicted molar refractivity (Wildman–Crippen MR) is 80.0 cm³/mol. The Labute approximate surface area is 122 Å². The molecule has 2 nitrogen and oxygen atoms in total. The molecule has 0 amide bonds. The zero-order valence-corrected chi connectivity index (χ0v) is 13.9. The van der Waals surface area contributed by atoms with Crippen LogP contribution in [0.2, 0.25) is 10.6 Å². The van der Waals surface area contributed by atoms with Crippen LogP contribution in [0.4, 0.5) is 0 Å². The van der Waals surface area contributed by atoms with Crippen LogP contribution in [0.5, 0.6) is 0 Å². The minimum Gasteiger partial charge on any atom is -0.616 e. The van der Waals surface area contributed by atoms with Crippen LogP contribution in [-0.4, -0.2) is 20.5 Å². The zero-order valence-electron chi connectivity index (χ0n) is 12.8. The van der Waals surface area contributed by atoms with Crippen molar-refractivity contribution in [1.29, 1.82) is 0 Å². The first-order chi connectivity index (χ1) is 8.95. The summed E-state index contributed by atoms with van der Waals surface area (Å²) in [5.74, 6) is 2.70. The third-order valence-corrected chi connectivity index (χ3v) is 7.84. The Morgan fingerprint density at radius 3 is 2.21 bits per heavy atom. The van der Waals surface area contributed by atoms with Crippen LogP contribution in [0.15, 0.2) is 12.2 Å². The molecule has 0 aromatic rings. The number of fused-ring (bicyclic) bond motifs is 2. The number of carbonyl (C=O) groups excluding carboxylic acids is 1. The van der Waals surface area contributed by atoms with Gasteiger partial charge < -0.3 is 3.79 Å². The Hall–Kier alpha value is -0.258. The van der Waals surface area contributed by atoms with Crippen LogP contribution < -0.4 is 0 Å². The molecule has 0 heterocycles. The van der Waals surface area contributed by atoms with E-state index in [1.807, 2.05) is 0 Å². The lowest BCUT2D eigenvalue weighted by Crippen LogP contribution is -2.31.